The molecule has 0 aliphatic heterocycles. The van der Waals surface area contributed by atoms with Gasteiger partial charge in [0.1, 0.15) is 11.3 Å². The number of aromatic hydroxyl groups is 1. The van der Waals surface area contributed by atoms with Crippen molar-refractivity contribution in [1.82, 2.24) is 0 Å². The normalized spacial score (nSPS) is 11.0. The third kappa shape index (κ3) is 4.62. The van der Waals surface area contributed by atoms with Gasteiger partial charge in [-0.2, -0.15) is 0 Å². The average molecular weight is 435 g/mol. The Morgan fingerprint density at radius 3 is 2.29 bits per heavy atom. The summed E-state index contributed by atoms with van der Waals surface area (Å²) in [6.07, 6.45) is 1.00. The third-order valence-electron chi connectivity index (χ3n) is 5.16. The summed E-state index contributed by atoms with van der Waals surface area (Å²) in [5.74, 6) is -0.814. The second-order valence-corrected chi connectivity index (χ2v) is 7.75. The number of hydrogen-bond acceptors (Lipinski definition) is 4. The first-order valence-electron chi connectivity index (χ1n) is 9.75. The predicted octanol–water partition coefficient (Wildman–Crippen LogP) is 5.43. The Labute approximate surface area is 183 Å². The molecule has 0 aliphatic rings. The van der Waals surface area contributed by atoms with Crippen LogP contribution in [0.25, 0.3) is 22.1 Å². The molecule has 0 amide bonds. The zero-order chi connectivity index (χ0) is 22.0. The first-order chi connectivity index (χ1) is 14.9. The van der Waals surface area contributed by atoms with Crippen LogP contribution in [0.2, 0.25) is 5.02 Å². The van der Waals surface area contributed by atoms with E-state index in [4.69, 9.17) is 21.1 Å². The highest BCUT2D eigenvalue weighted by Crippen LogP contribution is 2.31. The molecule has 0 aliphatic carbocycles. The Bertz CT molecular complexity index is 1310. The predicted molar refractivity (Wildman–Crippen MR) is 120 cm³/mol. The number of carbonyl (C=O) groups is 1. The monoisotopic (exact) mass is 434 g/mol. The Morgan fingerprint density at radius 2 is 1.61 bits per heavy atom. The van der Waals surface area contributed by atoms with Gasteiger partial charge in [0, 0.05) is 22.9 Å². The van der Waals surface area contributed by atoms with Crippen LogP contribution in [0.4, 0.5) is 0 Å². The quantitative estimate of drug-likeness (QED) is 0.395. The Balaban J connectivity index is 1.81. The summed E-state index contributed by atoms with van der Waals surface area (Å²) >= 11 is 6.01. The van der Waals surface area contributed by atoms with E-state index in [-0.39, 0.29) is 12.2 Å². The highest BCUT2D eigenvalue weighted by molar-refractivity contribution is 6.30. The van der Waals surface area contributed by atoms with Gasteiger partial charge >= 0.3 is 11.6 Å². The van der Waals surface area contributed by atoms with Crippen molar-refractivity contribution in [3.05, 3.63) is 98.9 Å². The van der Waals surface area contributed by atoms with Crippen molar-refractivity contribution in [3.63, 3.8) is 0 Å². The fourth-order valence-corrected chi connectivity index (χ4v) is 3.75. The number of carboxylic acid groups (broad SMARTS) is 1. The van der Waals surface area contributed by atoms with Gasteiger partial charge in [0.05, 0.1) is 5.56 Å². The van der Waals surface area contributed by atoms with E-state index in [2.05, 4.69) is 0 Å². The standard InChI is InChI=1S/C25H19ClO5/c26-18-8-6-17(7-9-18)24-21(20-11-10-19(27)14-22(20)31-25(24)30)13-16-3-1-15(2-4-16)5-12-23(28)29/h1-4,6-11,14,27H,5,12-13H2,(H,28,29). The van der Waals surface area contributed by atoms with Gasteiger partial charge in [-0.05, 0) is 59.4 Å². The first-order valence-corrected chi connectivity index (χ1v) is 10.1. The number of carboxylic acids is 1. The molecule has 0 spiro atoms. The van der Waals surface area contributed by atoms with E-state index >= 15 is 0 Å². The summed E-state index contributed by atoms with van der Waals surface area (Å²) < 4.78 is 5.51. The van der Waals surface area contributed by atoms with Gasteiger partial charge in [-0.1, -0.05) is 48.0 Å². The lowest BCUT2D eigenvalue weighted by Gasteiger charge is -2.13. The van der Waals surface area contributed by atoms with Crippen molar-refractivity contribution in [1.29, 1.82) is 0 Å². The van der Waals surface area contributed by atoms with Crippen molar-refractivity contribution >= 4 is 28.5 Å². The van der Waals surface area contributed by atoms with Crippen LogP contribution in [-0.4, -0.2) is 16.2 Å². The molecule has 4 rings (SSSR count). The van der Waals surface area contributed by atoms with Crippen LogP contribution in [0.3, 0.4) is 0 Å². The van der Waals surface area contributed by atoms with Crippen LogP contribution in [0.15, 0.2) is 75.9 Å². The lowest BCUT2D eigenvalue weighted by Crippen LogP contribution is -2.09. The van der Waals surface area contributed by atoms with Crippen LogP contribution in [0.5, 0.6) is 5.75 Å². The highest BCUT2D eigenvalue weighted by Gasteiger charge is 2.17. The van der Waals surface area contributed by atoms with Crippen LogP contribution in [0.1, 0.15) is 23.1 Å². The molecule has 3 aromatic carbocycles. The summed E-state index contributed by atoms with van der Waals surface area (Å²) in [7, 11) is 0. The number of halogens is 1. The fourth-order valence-electron chi connectivity index (χ4n) is 3.62. The van der Waals surface area contributed by atoms with Crippen molar-refractivity contribution in [3.8, 4) is 16.9 Å². The SMILES string of the molecule is O=C(O)CCc1ccc(Cc2c(-c3ccc(Cl)cc3)c(=O)oc3cc(O)ccc23)cc1. The van der Waals surface area contributed by atoms with Gasteiger partial charge in [0.15, 0.2) is 0 Å². The molecule has 0 saturated heterocycles. The van der Waals surface area contributed by atoms with Crippen LogP contribution < -0.4 is 5.63 Å². The zero-order valence-electron chi connectivity index (χ0n) is 16.5. The van der Waals surface area contributed by atoms with E-state index in [1.54, 1.807) is 36.4 Å². The Kier molecular flexibility index (Phi) is 5.78. The average Bonchev–Trinajstić information content (AvgIpc) is 2.74. The van der Waals surface area contributed by atoms with Gasteiger partial charge in [-0.15, -0.1) is 0 Å². The Hall–Kier alpha value is -3.57. The maximum Gasteiger partial charge on any atom is 0.344 e. The van der Waals surface area contributed by atoms with E-state index in [1.807, 2.05) is 24.3 Å². The lowest BCUT2D eigenvalue weighted by molar-refractivity contribution is -0.136. The number of rotatable bonds is 6. The number of phenols is 1. The van der Waals surface area contributed by atoms with E-state index < -0.39 is 11.6 Å². The minimum Gasteiger partial charge on any atom is -0.508 e. The van der Waals surface area contributed by atoms with Gasteiger partial charge in [-0.3, -0.25) is 4.79 Å². The second-order valence-electron chi connectivity index (χ2n) is 7.32. The molecule has 1 aromatic heterocycles. The number of hydrogen-bond donors (Lipinski definition) is 2. The molecular weight excluding hydrogens is 416 g/mol. The number of aryl methyl sites for hydroxylation is 1. The molecule has 4 aromatic rings. The topological polar surface area (TPSA) is 87.7 Å². The minimum atomic E-state index is -0.831. The van der Waals surface area contributed by atoms with Gasteiger partial charge < -0.3 is 14.6 Å². The molecule has 0 unspecified atom stereocenters. The van der Waals surface area contributed by atoms with Crippen LogP contribution in [0, 0.1) is 0 Å². The molecule has 5 nitrogen and oxygen atoms in total. The molecule has 0 atom stereocenters. The van der Waals surface area contributed by atoms with Crippen molar-refractivity contribution in [2.75, 3.05) is 0 Å². The largest absolute Gasteiger partial charge is 0.508 e. The van der Waals surface area contributed by atoms with Crippen LogP contribution in [-0.2, 0) is 17.6 Å². The number of phenolic OH excluding ortho intramolecular Hbond substituents is 1. The van der Waals surface area contributed by atoms with Gasteiger partial charge in [0.25, 0.3) is 0 Å². The minimum absolute atomic E-state index is 0.0172. The maximum absolute atomic E-state index is 12.9. The summed E-state index contributed by atoms with van der Waals surface area (Å²) in [4.78, 5) is 23.7. The van der Waals surface area contributed by atoms with Gasteiger partial charge in [-0.25, -0.2) is 4.79 Å². The molecule has 31 heavy (non-hydrogen) atoms. The molecule has 2 N–H and O–H groups in total. The molecule has 0 bridgehead atoms. The number of aliphatic carboxylic acids is 1. The molecule has 0 radical (unpaired) electrons. The third-order valence-corrected chi connectivity index (χ3v) is 5.42. The van der Waals surface area contributed by atoms with Crippen molar-refractivity contribution < 1.29 is 19.4 Å². The molecule has 1 heterocycles. The molecule has 156 valence electrons. The summed E-state index contributed by atoms with van der Waals surface area (Å²) in [5.41, 5.74) is 3.66. The highest BCUT2D eigenvalue weighted by atomic mass is 35.5. The Morgan fingerprint density at radius 1 is 0.935 bits per heavy atom. The van der Waals surface area contributed by atoms with E-state index in [1.165, 1.54) is 6.07 Å². The zero-order valence-corrected chi connectivity index (χ0v) is 17.2. The summed E-state index contributed by atoms with van der Waals surface area (Å²) in [6, 6.07) is 19.4. The second kappa shape index (κ2) is 8.66. The number of benzene rings is 3. The maximum atomic E-state index is 12.9. The molecule has 0 fully saturated rings. The summed E-state index contributed by atoms with van der Waals surface area (Å²) in [6.45, 7) is 0. The van der Waals surface area contributed by atoms with Crippen molar-refractivity contribution in [2.24, 2.45) is 0 Å². The van der Waals surface area contributed by atoms with E-state index in [9.17, 15) is 14.7 Å². The van der Waals surface area contributed by atoms with Crippen molar-refractivity contribution in [2.45, 2.75) is 19.3 Å². The molecule has 0 saturated carbocycles. The fraction of sp³-hybridized carbons (Fsp3) is 0.120. The van der Waals surface area contributed by atoms with Crippen LogP contribution >= 0.6 is 11.6 Å². The van der Waals surface area contributed by atoms with E-state index in [0.717, 1.165) is 22.1 Å². The molecule has 6 heteroatoms. The lowest BCUT2D eigenvalue weighted by atomic mass is 9.93. The van der Waals surface area contributed by atoms with Gasteiger partial charge in [0.2, 0.25) is 0 Å². The van der Waals surface area contributed by atoms with E-state index in [0.29, 0.717) is 34.6 Å². The first kappa shape index (κ1) is 20.7. The number of fused-ring (bicyclic) bond motifs is 1. The molecular formula is C25H19ClO5. The summed E-state index contributed by atoms with van der Waals surface area (Å²) in [5, 5.41) is 20.0. The smallest absolute Gasteiger partial charge is 0.344 e.